The van der Waals surface area contributed by atoms with Gasteiger partial charge in [0.15, 0.2) is 0 Å². The van der Waals surface area contributed by atoms with Crippen LogP contribution in [0.1, 0.15) is 11.0 Å². The van der Waals surface area contributed by atoms with Gasteiger partial charge in [0.25, 0.3) is 0 Å². The first-order valence-electron chi connectivity index (χ1n) is 8.52. The van der Waals surface area contributed by atoms with Gasteiger partial charge in [-0.15, -0.1) is 11.3 Å². The summed E-state index contributed by atoms with van der Waals surface area (Å²) in [7, 11) is 0.620. The second-order valence-electron chi connectivity index (χ2n) is 6.27. The van der Waals surface area contributed by atoms with Crippen molar-refractivity contribution in [1.82, 2.24) is 9.88 Å². The lowest BCUT2D eigenvalue weighted by molar-refractivity contribution is 0.191. The number of carbonyl (C=O) groups excluding carboxylic acids is 1. The average molecular weight is 402 g/mol. The Kier molecular flexibility index (Phi) is 4.84. The zero-order valence-electron chi connectivity index (χ0n) is 14.8. The number of amides is 2. The lowest BCUT2D eigenvalue weighted by Gasteiger charge is -2.32. The molecule has 2 heterocycles. The van der Waals surface area contributed by atoms with Gasteiger partial charge in [-0.25, -0.2) is 9.78 Å². The predicted octanol–water partition coefficient (Wildman–Crippen LogP) is 3.16. The smallest absolute Gasteiger partial charge is 0.315 e. The van der Waals surface area contributed by atoms with Crippen molar-refractivity contribution in [3.8, 4) is 16.9 Å². The van der Waals surface area contributed by atoms with Gasteiger partial charge in [-0.05, 0) is 17.7 Å². The molecule has 2 aromatic carbocycles. The zero-order chi connectivity index (χ0) is 19.0. The van der Waals surface area contributed by atoms with Gasteiger partial charge < -0.3 is 15.4 Å². The molecule has 2 amide bonds. The van der Waals surface area contributed by atoms with Gasteiger partial charge in [0, 0.05) is 28.7 Å². The van der Waals surface area contributed by atoms with E-state index in [1.54, 1.807) is 12.0 Å². The third-order valence-corrected chi connectivity index (χ3v) is 7.19. The van der Waals surface area contributed by atoms with Gasteiger partial charge in [0.05, 0.1) is 23.6 Å². The van der Waals surface area contributed by atoms with E-state index in [0.29, 0.717) is 23.8 Å². The fourth-order valence-electron chi connectivity index (χ4n) is 3.33. The Morgan fingerprint density at radius 3 is 2.78 bits per heavy atom. The van der Waals surface area contributed by atoms with Gasteiger partial charge >= 0.3 is 6.03 Å². The molecule has 1 aliphatic rings. The summed E-state index contributed by atoms with van der Waals surface area (Å²) in [5.74, 6) is 1.48. The van der Waals surface area contributed by atoms with Crippen LogP contribution < -0.4 is 10.5 Å². The van der Waals surface area contributed by atoms with Crippen LogP contribution in [0.3, 0.4) is 0 Å². The predicted molar refractivity (Wildman–Crippen MR) is 109 cm³/mol. The van der Waals surface area contributed by atoms with Crippen LogP contribution in [0.4, 0.5) is 4.79 Å². The largest absolute Gasteiger partial charge is 0.494 e. The molecule has 2 atom stereocenters. The number of thiazole rings is 1. The number of fused-ring (bicyclic) bond motifs is 1. The first-order valence-corrected chi connectivity index (χ1v) is 10.8. The summed E-state index contributed by atoms with van der Waals surface area (Å²) in [5, 5.41) is 0.735. The van der Waals surface area contributed by atoms with Crippen molar-refractivity contribution in [3.05, 3.63) is 47.5 Å². The molecule has 140 valence electrons. The van der Waals surface area contributed by atoms with Gasteiger partial charge in [-0.2, -0.15) is 0 Å². The molecule has 1 fully saturated rings. The first kappa shape index (κ1) is 17.9. The number of primary amides is 1. The number of methoxy groups -OCH3 is 1. The molecule has 1 aromatic heterocycles. The maximum atomic E-state index is 12.1. The third kappa shape index (κ3) is 3.30. The van der Waals surface area contributed by atoms with Crippen LogP contribution in [0.25, 0.3) is 21.3 Å². The molecule has 1 saturated heterocycles. The summed E-state index contributed by atoms with van der Waals surface area (Å²) >= 11 is 1.50. The molecule has 3 aromatic rings. The van der Waals surface area contributed by atoms with E-state index in [4.69, 9.17) is 15.5 Å². The third-order valence-electron chi connectivity index (χ3n) is 4.68. The topological polar surface area (TPSA) is 85.5 Å². The lowest BCUT2D eigenvalue weighted by atomic mass is 10.1. The minimum atomic E-state index is -0.992. The van der Waals surface area contributed by atoms with Crippen LogP contribution in [-0.2, 0) is 10.8 Å². The van der Waals surface area contributed by atoms with Crippen molar-refractivity contribution in [2.45, 2.75) is 6.04 Å². The number of nitrogens with zero attached hydrogens (tertiary/aromatic N) is 2. The van der Waals surface area contributed by atoms with Crippen LogP contribution >= 0.6 is 11.3 Å². The maximum absolute atomic E-state index is 12.1. The lowest BCUT2D eigenvalue weighted by Crippen LogP contribution is -2.46. The number of rotatable bonds is 3. The fourth-order valence-corrected chi connectivity index (χ4v) is 5.92. The minimum Gasteiger partial charge on any atom is -0.494 e. The summed E-state index contributed by atoms with van der Waals surface area (Å²) in [6.45, 7) is 0.380. The quantitative estimate of drug-likeness (QED) is 0.730. The zero-order valence-corrected chi connectivity index (χ0v) is 16.4. The molecular weight excluding hydrogens is 382 g/mol. The molecule has 0 bridgehead atoms. The van der Waals surface area contributed by atoms with Crippen molar-refractivity contribution in [1.29, 1.82) is 0 Å². The van der Waals surface area contributed by atoms with Crippen molar-refractivity contribution in [2.75, 3.05) is 25.2 Å². The number of benzene rings is 2. The number of aromatic nitrogens is 1. The van der Waals surface area contributed by atoms with Crippen LogP contribution in [0.15, 0.2) is 42.5 Å². The van der Waals surface area contributed by atoms with E-state index in [1.807, 2.05) is 42.5 Å². The Bertz CT molecular complexity index is 1020. The van der Waals surface area contributed by atoms with E-state index < -0.39 is 16.8 Å². The SMILES string of the molecule is COc1ccc(-c2ccccc2)c2sc(C3CS(=O)CCN3C(N)=O)nc12. The van der Waals surface area contributed by atoms with Gasteiger partial charge in [-0.1, -0.05) is 30.3 Å². The molecule has 0 spiro atoms. The first-order chi connectivity index (χ1) is 13.1. The Balaban J connectivity index is 1.87. The number of carbonyl (C=O) groups is 1. The van der Waals surface area contributed by atoms with E-state index >= 15 is 0 Å². The summed E-state index contributed by atoms with van der Waals surface area (Å²) in [4.78, 5) is 18.2. The molecule has 1 aliphatic heterocycles. The molecular formula is C19H19N3O3S2. The molecule has 0 saturated carbocycles. The van der Waals surface area contributed by atoms with Crippen LogP contribution in [0.5, 0.6) is 5.75 Å². The highest BCUT2D eigenvalue weighted by Crippen LogP contribution is 2.41. The highest BCUT2D eigenvalue weighted by molar-refractivity contribution is 7.85. The van der Waals surface area contributed by atoms with Crippen molar-refractivity contribution < 1.29 is 13.7 Å². The van der Waals surface area contributed by atoms with Crippen molar-refractivity contribution >= 4 is 38.4 Å². The number of urea groups is 1. The average Bonchev–Trinajstić information content (AvgIpc) is 3.13. The Labute approximate surface area is 163 Å². The molecule has 2 unspecified atom stereocenters. The Morgan fingerprint density at radius 1 is 1.30 bits per heavy atom. The van der Waals surface area contributed by atoms with E-state index in [2.05, 4.69) is 0 Å². The van der Waals surface area contributed by atoms with E-state index in [9.17, 15) is 9.00 Å². The summed E-state index contributed by atoms with van der Waals surface area (Å²) in [6.07, 6.45) is 0. The van der Waals surface area contributed by atoms with Gasteiger partial charge in [0.2, 0.25) is 0 Å². The van der Waals surface area contributed by atoms with E-state index in [0.717, 1.165) is 26.4 Å². The Hall–Kier alpha value is -2.45. The van der Waals surface area contributed by atoms with Crippen molar-refractivity contribution in [3.63, 3.8) is 0 Å². The second-order valence-corrected chi connectivity index (χ2v) is 8.92. The summed E-state index contributed by atoms with van der Waals surface area (Å²) < 4.78 is 18.6. The molecule has 8 heteroatoms. The molecule has 27 heavy (non-hydrogen) atoms. The Morgan fingerprint density at radius 2 is 2.07 bits per heavy atom. The summed E-state index contributed by atoms with van der Waals surface area (Å²) in [5.41, 5.74) is 8.44. The van der Waals surface area contributed by atoms with Gasteiger partial charge in [0.1, 0.15) is 16.3 Å². The normalized spacial score (nSPS) is 20.0. The highest BCUT2D eigenvalue weighted by Gasteiger charge is 2.33. The molecule has 0 aliphatic carbocycles. The number of hydrogen-bond donors (Lipinski definition) is 1. The number of hydrogen-bond acceptors (Lipinski definition) is 5. The molecule has 4 rings (SSSR count). The van der Waals surface area contributed by atoms with E-state index in [1.165, 1.54) is 11.3 Å². The minimum absolute atomic E-state index is 0.353. The standard InChI is InChI=1S/C19H19N3O3S2/c1-25-15-8-7-13(12-5-3-2-4-6-12)17-16(15)21-18(26-17)14-11-27(24)10-9-22(14)19(20)23/h2-8,14H,9-11H2,1H3,(H2,20,23). The fraction of sp³-hybridized carbons (Fsp3) is 0.263. The van der Waals surface area contributed by atoms with Crippen LogP contribution in [0.2, 0.25) is 0 Å². The highest BCUT2D eigenvalue weighted by atomic mass is 32.2. The van der Waals surface area contributed by atoms with Crippen LogP contribution in [0, 0.1) is 0 Å². The van der Waals surface area contributed by atoms with Crippen molar-refractivity contribution in [2.24, 2.45) is 5.73 Å². The molecule has 6 nitrogen and oxygen atoms in total. The molecule has 2 N–H and O–H groups in total. The maximum Gasteiger partial charge on any atom is 0.315 e. The van der Waals surface area contributed by atoms with E-state index in [-0.39, 0.29) is 6.04 Å². The molecule has 0 radical (unpaired) electrons. The monoisotopic (exact) mass is 401 g/mol. The number of nitrogens with two attached hydrogens (primary N) is 1. The van der Waals surface area contributed by atoms with Gasteiger partial charge in [-0.3, -0.25) is 4.21 Å². The summed E-state index contributed by atoms with van der Waals surface area (Å²) in [6, 6.07) is 13.1. The second kappa shape index (κ2) is 7.28. The number of ether oxygens (including phenoxy) is 1. The van der Waals surface area contributed by atoms with Crippen LogP contribution in [-0.4, -0.2) is 45.3 Å².